The van der Waals surface area contributed by atoms with Gasteiger partial charge < -0.3 is 5.32 Å². The number of nitrogens with zero attached hydrogens (tertiary/aromatic N) is 2. The number of hydrogen-bond acceptors (Lipinski definition) is 3. The third-order valence-corrected chi connectivity index (χ3v) is 3.94. The van der Waals surface area contributed by atoms with E-state index in [1.54, 1.807) is 4.68 Å². The second-order valence-corrected chi connectivity index (χ2v) is 5.55. The molecule has 1 aromatic heterocycles. The molecule has 0 amide bonds. The molecule has 0 aliphatic carbocycles. The van der Waals surface area contributed by atoms with Gasteiger partial charge in [-0.2, -0.15) is 16.9 Å². The maximum Gasteiger partial charge on any atom is 0.131 e. The summed E-state index contributed by atoms with van der Waals surface area (Å²) < 4.78 is 1.73. The first-order chi connectivity index (χ1) is 8.16. The van der Waals surface area contributed by atoms with Crippen molar-refractivity contribution in [3.63, 3.8) is 0 Å². The zero-order chi connectivity index (χ0) is 12.7. The van der Waals surface area contributed by atoms with Crippen LogP contribution in [-0.2, 0) is 13.6 Å². The van der Waals surface area contributed by atoms with Gasteiger partial charge in [0.1, 0.15) is 5.15 Å². The predicted molar refractivity (Wildman–Crippen MR) is 76.9 cm³/mol. The lowest BCUT2D eigenvalue weighted by atomic mass is 10.2. The Bertz CT molecular complexity index is 339. The van der Waals surface area contributed by atoms with Gasteiger partial charge in [0.25, 0.3) is 0 Å². The van der Waals surface area contributed by atoms with Crippen LogP contribution in [0.4, 0.5) is 0 Å². The molecule has 0 radical (unpaired) electrons. The minimum absolute atomic E-state index is 0.748. The number of hydrogen-bond donors (Lipinski definition) is 1. The molecular weight excluding hydrogens is 254 g/mol. The third-order valence-electron chi connectivity index (χ3n) is 2.77. The first-order valence-electron chi connectivity index (χ1n) is 6.04. The molecule has 0 saturated heterocycles. The van der Waals surface area contributed by atoms with E-state index in [4.69, 9.17) is 11.6 Å². The largest absolute Gasteiger partial charge is 0.312 e. The molecule has 0 aliphatic rings. The average Bonchev–Trinajstić information content (AvgIpc) is 2.54. The summed E-state index contributed by atoms with van der Waals surface area (Å²) in [7, 11) is 1.88. The van der Waals surface area contributed by atoms with E-state index >= 15 is 0 Å². The van der Waals surface area contributed by atoms with Crippen LogP contribution in [0.2, 0.25) is 5.15 Å². The Morgan fingerprint density at radius 1 is 1.35 bits per heavy atom. The van der Waals surface area contributed by atoms with Gasteiger partial charge in [0.2, 0.25) is 0 Å². The first kappa shape index (κ1) is 14.9. The molecule has 0 atom stereocenters. The number of halogens is 1. The lowest BCUT2D eigenvalue weighted by molar-refractivity contribution is 0.617. The van der Waals surface area contributed by atoms with Crippen LogP contribution in [0.5, 0.6) is 0 Å². The Kier molecular flexibility index (Phi) is 7.00. The van der Waals surface area contributed by atoms with Crippen LogP contribution in [0, 0.1) is 6.92 Å². The molecule has 5 heteroatoms. The molecule has 1 heterocycles. The van der Waals surface area contributed by atoms with Crippen LogP contribution in [0.25, 0.3) is 0 Å². The average molecular weight is 276 g/mol. The highest BCUT2D eigenvalue weighted by Gasteiger charge is 2.09. The van der Waals surface area contributed by atoms with Crippen molar-refractivity contribution >= 4 is 23.4 Å². The van der Waals surface area contributed by atoms with Gasteiger partial charge in [0.05, 0.1) is 5.69 Å². The zero-order valence-corrected chi connectivity index (χ0v) is 12.5. The lowest BCUT2D eigenvalue weighted by Crippen LogP contribution is -2.15. The molecule has 0 spiro atoms. The molecule has 1 aromatic rings. The Hall–Kier alpha value is -0.190. The number of unbranched alkanes of at least 4 members (excludes halogenated alkanes) is 2. The lowest BCUT2D eigenvalue weighted by Gasteiger charge is -2.04. The Morgan fingerprint density at radius 2 is 2.12 bits per heavy atom. The van der Waals surface area contributed by atoms with Crippen molar-refractivity contribution in [1.29, 1.82) is 0 Å². The molecule has 0 aliphatic heterocycles. The summed E-state index contributed by atoms with van der Waals surface area (Å²) in [5.41, 5.74) is 2.14. The normalized spacial score (nSPS) is 11.1. The first-order valence-corrected chi connectivity index (χ1v) is 7.81. The van der Waals surface area contributed by atoms with Crippen LogP contribution < -0.4 is 5.32 Å². The molecule has 0 saturated carbocycles. The van der Waals surface area contributed by atoms with Crippen molar-refractivity contribution in [1.82, 2.24) is 15.1 Å². The van der Waals surface area contributed by atoms with Crippen LogP contribution in [-0.4, -0.2) is 28.3 Å². The van der Waals surface area contributed by atoms with Gasteiger partial charge in [-0.05, 0) is 38.3 Å². The number of aryl methyl sites for hydroxylation is 2. The predicted octanol–water partition coefficient (Wildman–Crippen LogP) is 3.00. The van der Waals surface area contributed by atoms with E-state index in [-0.39, 0.29) is 0 Å². The maximum atomic E-state index is 6.15. The molecule has 0 unspecified atom stereocenters. The molecular formula is C12H22ClN3S. The molecule has 0 fully saturated rings. The molecule has 98 valence electrons. The standard InChI is InChI=1S/C12H22ClN3S/c1-10-11(12(13)16(2)15-10)9-14-7-5-4-6-8-17-3/h14H,4-9H2,1-3H3. The van der Waals surface area contributed by atoms with Crippen LogP contribution >= 0.6 is 23.4 Å². The Morgan fingerprint density at radius 3 is 2.71 bits per heavy atom. The topological polar surface area (TPSA) is 29.9 Å². The van der Waals surface area contributed by atoms with Crippen LogP contribution in [0.15, 0.2) is 0 Å². The molecule has 1 N–H and O–H groups in total. The number of nitrogens with one attached hydrogen (secondary N) is 1. The van der Waals surface area contributed by atoms with E-state index in [1.165, 1.54) is 25.0 Å². The SMILES string of the molecule is CSCCCCCNCc1c(C)nn(C)c1Cl. The van der Waals surface area contributed by atoms with Gasteiger partial charge in [-0.25, -0.2) is 0 Å². The van der Waals surface area contributed by atoms with E-state index in [1.807, 2.05) is 25.7 Å². The van der Waals surface area contributed by atoms with Crippen molar-refractivity contribution in [2.75, 3.05) is 18.6 Å². The summed E-state index contributed by atoms with van der Waals surface area (Å²) in [6.07, 6.45) is 6.01. The second-order valence-electron chi connectivity index (χ2n) is 4.21. The number of rotatable bonds is 8. The maximum absolute atomic E-state index is 6.15. The summed E-state index contributed by atoms with van der Waals surface area (Å²) in [5.74, 6) is 1.27. The summed E-state index contributed by atoms with van der Waals surface area (Å²) in [6.45, 7) is 3.88. The zero-order valence-electron chi connectivity index (χ0n) is 10.9. The van der Waals surface area contributed by atoms with Crippen molar-refractivity contribution < 1.29 is 0 Å². The van der Waals surface area contributed by atoms with E-state index in [2.05, 4.69) is 16.7 Å². The van der Waals surface area contributed by atoms with Crippen molar-refractivity contribution in [3.05, 3.63) is 16.4 Å². The summed E-state index contributed by atoms with van der Waals surface area (Å²) >= 11 is 8.07. The Labute approximate surface area is 113 Å². The van der Waals surface area contributed by atoms with E-state index in [0.29, 0.717) is 0 Å². The molecule has 0 bridgehead atoms. The highest BCUT2D eigenvalue weighted by atomic mass is 35.5. The number of thioether (sulfide) groups is 1. The summed E-state index contributed by atoms with van der Waals surface area (Å²) in [5, 5.41) is 8.47. The second kappa shape index (κ2) is 8.01. The monoisotopic (exact) mass is 275 g/mol. The van der Waals surface area contributed by atoms with Gasteiger partial charge >= 0.3 is 0 Å². The van der Waals surface area contributed by atoms with Gasteiger partial charge in [-0.15, -0.1) is 0 Å². The molecule has 3 nitrogen and oxygen atoms in total. The van der Waals surface area contributed by atoms with Gasteiger partial charge in [-0.1, -0.05) is 18.0 Å². The van der Waals surface area contributed by atoms with Crippen LogP contribution in [0.1, 0.15) is 30.5 Å². The highest BCUT2D eigenvalue weighted by Crippen LogP contribution is 2.17. The van der Waals surface area contributed by atoms with Crippen molar-refractivity contribution in [3.8, 4) is 0 Å². The fourth-order valence-electron chi connectivity index (χ4n) is 1.76. The molecule has 1 rings (SSSR count). The van der Waals surface area contributed by atoms with Crippen molar-refractivity contribution in [2.45, 2.75) is 32.7 Å². The number of aromatic nitrogens is 2. The molecule has 0 aromatic carbocycles. The van der Waals surface area contributed by atoms with Gasteiger partial charge in [0.15, 0.2) is 0 Å². The molecule has 17 heavy (non-hydrogen) atoms. The van der Waals surface area contributed by atoms with Crippen molar-refractivity contribution in [2.24, 2.45) is 7.05 Å². The smallest absolute Gasteiger partial charge is 0.131 e. The third kappa shape index (κ3) is 4.90. The minimum atomic E-state index is 0.748. The van der Waals surface area contributed by atoms with Gasteiger partial charge in [-0.3, -0.25) is 4.68 Å². The van der Waals surface area contributed by atoms with E-state index in [0.717, 1.165) is 29.5 Å². The Balaban J connectivity index is 2.18. The quantitative estimate of drug-likeness (QED) is 0.740. The fraction of sp³-hybridized carbons (Fsp3) is 0.750. The minimum Gasteiger partial charge on any atom is -0.312 e. The van der Waals surface area contributed by atoms with Crippen LogP contribution in [0.3, 0.4) is 0 Å². The van der Waals surface area contributed by atoms with E-state index < -0.39 is 0 Å². The summed E-state index contributed by atoms with van der Waals surface area (Å²) in [6, 6.07) is 0. The van der Waals surface area contributed by atoms with Gasteiger partial charge in [0, 0.05) is 19.2 Å². The fourth-order valence-corrected chi connectivity index (χ4v) is 2.50. The van der Waals surface area contributed by atoms with E-state index in [9.17, 15) is 0 Å². The summed E-state index contributed by atoms with van der Waals surface area (Å²) in [4.78, 5) is 0. The highest BCUT2D eigenvalue weighted by molar-refractivity contribution is 7.98.